The molecule has 0 bridgehead atoms. The summed E-state index contributed by atoms with van der Waals surface area (Å²) in [5, 5.41) is 7.67. The van der Waals surface area contributed by atoms with Gasteiger partial charge in [0.1, 0.15) is 5.84 Å². The van der Waals surface area contributed by atoms with E-state index >= 15 is 0 Å². The smallest absolute Gasteiger partial charge is 0.123 e. The Labute approximate surface area is 127 Å². The number of amidine groups is 1. The van der Waals surface area contributed by atoms with E-state index in [0.717, 1.165) is 56.9 Å². The fourth-order valence-electron chi connectivity index (χ4n) is 2.67. The SMILES string of the molecule is CN(C)CCN1CCN(Cc2ccccc2C(=N)N)CC1. The molecule has 0 amide bonds. The maximum absolute atomic E-state index is 7.67. The predicted molar refractivity (Wildman–Crippen MR) is 87.7 cm³/mol. The lowest BCUT2D eigenvalue weighted by Crippen LogP contribution is -2.47. The summed E-state index contributed by atoms with van der Waals surface area (Å²) in [5.41, 5.74) is 7.69. The molecule has 1 aromatic carbocycles. The zero-order chi connectivity index (χ0) is 15.2. The van der Waals surface area contributed by atoms with Crippen LogP contribution in [0, 0.1) is 5.41 Å². The molecular weight excluding hydrogens is 262 g/mol. The van der Waals surface area contributed by atoms with Crippen LogP contribution in [0.4, 0.5) is 0 Å². The molecular formula is C16H27N5. The standard InChI is InChI=1S/C16H27N5/c1-19(2)7-8-20-9-11-21(12-10-20)13-14-5-3-4-6-15(14)16(17)18/h3-6H,7-13H2,1-2H3,(H3,17,18). The highest BCUT2D eigenvalue weighted by molar-refractivity contribution is 5.96. The average Bonchev–Trinajstić information content (AvgIpc) is 2.47. The van der Waals surface area contributed by atoms with Crippen molar-refractivity contribution in [1.82, 2.24) is 14.7 Å². The molecule has 0 unspecified atom stereocenters. The van der Waals surface area contributed by atoms with Crippen LogP contribution in [-0.2, 0) is 6.54 Å². The summed E-state index contributed by atoms with van der Waals surface area (Å²) in [6, 6.07) is 7.98. The van der Waals surface area contributed by atoms with Crippen LogP contribution in [0.25, 0.3) is 0 Å². The zero-order valence-corrected chi connectivity index (χ0v) is 13.2. The molecule has 5 heteroatoms. The van der Waals surface area contributed by atoms with E-state index in [2.05, 4.69) is 34.9 Å². The summed E-state index contributed by atoms with van der Waals surface area (Å²) in [4.78, 5) is 7.21. The first-order valence-electron chi connectivity index (χ1n) is 7.58. The number of nitrogens with one attached hydrogen (secondary N) is 1. The van der Waals surface area contributed by atoms with E-state index < -0.39 is 0 Å². The maximum atomic E-state index is 7.67. The summed E-state index contributed by atoms with van der Waals surface area (Å²) in [6.45, 7) is 7.56. The Morgan fingerprint density at radius 1 is 1.14 bits per heavy atom. The highest BCUT2D eigenvalue weighted by Crippen LogP contribution is 2.13. The number of benzene rings is 1. The van der Waals surface area contributed by atoms with Gasteiger partial charge in [-0.05, 0) is 19.7 Å². The number of piperazine rings is 1. The summed E-state index contributed by atoms with van der Waals surface area (Å²) >= 11 is 0. The molecule has 0 radical (unpaired) electrons. The van der Waals surface area contributed by atoms with Crippen LogP contribution in [0.3, 0.4) is 0 Å². The Kier molecular flexibility index (Phi) is 5.73. The van der Waals surface area contributed by atoms with Crippen molar-refractivity contribution in [2.75, 3.05) is 53.4 Å². The largest absolute Gasteiger partial charge is 0.384 e. The van der Waals surface area contributed by atoms with Crippen molar-refractivity contribution < 1.29 is 0 Å². The molecule has 1 heterocycles. The summed E-state index contributed by atoms with van der Waals surface area (Å²) in [7, 11) is 4.24. The van der Waals surface area contributed by atoms with Crippen LogP contribution in [0.1, 0.15) is 11.1 Å². The van der Waals surface area contributed by atoms with Crippen LogP contribution in [0.5, 0.6) is 0 Å². The van der Waals surface area contributed by atoms with Gasteiger partial charge >= 0.3 is 0 Å². The molecule has 1 aliphatic rings. The monoisotopic (exact) mass is 289 g/mol. The second kappa shape index (κ2) is 7.54. The lowest BCUT2D eigenvalue weighted by atomic mass is 10.1. The summed E-state index contributed by atoms with van der Waals surface area (Å²) < 4.78 is 0. The van der Waals surface area contributed by atoms with Gasteiger partial charge in [0.15, 0.2) is 0 Å². The maximum Gasteiger partial charge on any atom is 0.123 e. The molecule has 1 aromatic rings. The van der Waals surface area contributed by atoms with Gasteiger partial charge in [0.25, 0.3) is 0 Å². The summed E-state index contributed by atoms with van der Waals surface area (Å²) in [6.07, 6.45) is 0. The lowest BCUT2D eigenvalue weighted by molar-refractivity contribution is 0.120. The summed E-state index contributed by atoms with van der Waals surface area (Å²) in [5.74, 6) is 0.162. The fourth-order valence-corrected chi connectivity index (χ4v) is 2.67. The van der Waals surface area contributed by atoms with E-state index in [1.807, 2.05) is 18.2 Å². The normalized spacial score (nSPS) is 17.3. The first-order chi connectivity index (χ1) is 10.1. The molecule has 0 atom stereocenters. The number of hydrogen-bond donors (Lipinski definition) is 2. The van der Waals surface area contributed by atoms with E-state index in [1.165, 1.54) is 0 Å². The van der Waals surface area contributed by atoms with E-state index in [0.29, 0.717) is 0 Å². The van der Waals surface area contributed by atoms with Gasteiger partial charge in [0.2, 0.25) is 0 Å². The molecule has 1 saturated heterocycles. The Morgan fingerprint density at radius 3 is 2.38 bits per heavy atom. The van der Waals surface area contributed by atoms with Crippen molar-refractivity contribution in [3.8, 4) is 0 Å². The Morgan fingerprint density at radius 2 is 1.76 bits per heavy atom. The minimum Gasteiger partial charge on any atom is -0.384 e. The predicted octanol–water partition coefficient (Wildman–Crippen LogP) is 0.650. The molecule has 3 N–H and O–H groups in total. The van der Waals surface area contributed by atoms with Gasteiger partial charge in [-0.2, -0.15) is 0 Å². The molecule has 0 saturated carbocycles. The lowest BCUT2D eigenvalue weighted by Gasteiger charge is -2.35. The molecule has 116 valence electrons. The topological polar surface area (TPSA) is 59.6 Å². The number of hydrogen-bond acceptors (Lipinski definition) is 4. The van der Waals surface area contributed by atoms with Gasteiger partial charge in [-0.25, -0.2) is 0 Å². The third-order valence-electron chi connectivity index (χ3n) is 4.03. The number of nitrogen functional groups attached to an aromatic ring is 1. The van der Waals surface area contributed by atoms with Crippen LogP contribution < -0.4 is 5.73 Å². The number of likely N-dealkylation sites (N-methyl/N-ethyl adjacent to an activating group) is 1. The quantitative estimate of drug-likeness (QED) is 0.596. The molecule has 2 rings (SSSR count). The van der Waals surface area contributed by atoms with Crippen LogP contribution in [-0.4, -0.2) is 73.9 Å². The fraction of sp³-hybridized carbons (Fsp3) is 0.562. The first-order valence-corrected chi connectivity index (χ1v) is 7.58. The Balaban J connectivity index is 1.85. The van der Waals surface area contributed by atoms with E-state index in [-0.39, 0.29) is 5.84 Å². The highest BCUT2D eigenvalue weighted by atomic mass is 15.3. The van der Waals surface area contributed by atoms with Gasteiger partial charge in [-0.1, -0.05) is 24.3 Å². The van der Waals surface area contributed by atoms with Crippen LogP contribution in [0.15, 0.2) is 24.3 Å². The molecule has 0 aliphatic carbocycles. The molecule has 0 aromatic heterocycles. The number of nitrogens with zero attached hydrogens (tertiary/aromatic N) is 3. The average molecular weight is 289 g/mol. The second-order valence-electron chi connectivity index (χ2n) is 5.99. The minimum absolute atomic E-state index is 0.162. The van der Waals surface area contributed by atoms with Crippen molar-refractivity contribution in [1.29, 1.82) is 5.41 Å². The molecule has 1 fully saturated rings. The zero-order valence-electron chi connectivity index (χ0n) is 13.2. The number of nitrogens with two attached hydrogens (primary N) is 1. The Bertz CT molecular complexity index is 463. The number of rotatable bonds is 6. The van der Waals surface area contributed by atoms with E-state index in [9.17, 15) is 0 Å². The third kappa shape index (κ3) is 4.81. The molecule has 5 nitrogen and oxygen atoms in total. The van der Waals surface area contributed by atoms with Crippen molar-refractivity contribution in [2.24, 2.45) is 5.73 Å². The van der Waals surface area contributed by atoms with Gasteiger partial charge in [0, 0.05) is 51.4 Å². The minimum atomic E-state index is 0.162. The molecule has 21 heavy (non-hydrogen) atoms. The third-order valence-corrected chi connectivity index (χ3v) is 4.03. The van der Waals surface area contributed by atoms with Crippen molar-refractivity contribution >= 4 is 5.84 Å². The van der Waals surface area contributed by atoms with E-state index in [4.69, 9.17) is 11.1 Å². The Hall–Kier alpha value is -1.43. The van der Waals surface area contributed by atoms with Gasteiger partial charge < -0.3 is 10.6 Å². The molecule has 1 aliphatic heterocycles. The van der Waals surface area contributed by atoms with Gasteiger partial charge in [0.05, 0.1) is 0 Å². The first kappa shape index (κ1) is 15.9. The second-order valence-corrected chi connectivity index (χ2v) is 5.99. The van der Waals surface area contributed by atoms with Crippen molar-refractivity contribution in [3.05, 3.63) is 35.4 Å². The van der Waals surface area contributed by atoms with E-state index in [1.54, 1.807) is 0 Å². The van der Waals surface area contributed by atoms with Gasteiger partial charge in [-0.3, -0.25) is 15.2 Å². The van der Waals surface area contributed by atoms with Gasteiger partial charge in [-0.15, -0.1) is 0 Å². The highest BCUT2D eigenvalue weighted by Gasteiger charge is 2.18. The van der Waals surface area contributed by atoms with Crippen LogP contribution >= 0.6 is 0 Å². The van der Waals surface area contributed by atoms with Crippen molar-refractivity contribution in [2.45, 2.75) is 6.54 Å². The van der Waals surface area contributed by atoms with Crippen LogP contribution in [0.2, 0.25) is 0 Å². The van der Waals surface area contributed by atoms with Crippen molar-refractivity contribution in [3.63, 3.8) is 0 Å². The molecule has 0 spiro atoms.